The average molecular weight is 316 g/mol. The van der Waals surface area contributed by atoms with Crippen molar-refractivity contribution in [1.82, 2.24) is 15.5 Å². The van der Waals surface area contributed by atoms with E-state index in [0.29, 0.717) is 26.2 Å². The van der Waals surface area contributed by atoms with E-state index >= 15 is 0 Å². The summed E-state index contributed by atoms with van der Waals surface area (Å²) in [6.07, 6.45) is -1.70. The molecule has 4 nitrogen and oxygen atoms in total. The monoisotopic (exact) mass is 315 g/mol. The number of nitrogens with zero attached hydrogens (tertiary/aromatic N) is 1. The van der Waals surface area contributed by atoms with Gasteiger partial charge in [-0.15, -0.1) is 12.4 Å². The number of carbonyl (C=O) groups is 1. The highest BCUT2D eigenvalue weighted by atomic mass is 35.5. The molecule has 1 saturated heterocycles. The number of hydrogen-bond donors (Lipinski definition) is 2. The van der Waals surface area contributed by atoms with Crippen molar-refractivity contribution >= 4 is 18.3 Å². The van der Waals surface area contributed by atoms with Gasteiger partial charge in [0.15, 0.2) is 0 Å². The van der Waals surface area contributed by atoms with Crippen LogP contribution in [-0.4, -0.2) is 55.7 Å². The van der Waals surface area contributed by atoms with Gasteiger partial charge in [-0.2, -0.15) is 13.2 Å². The van der Waals surface area contributed by atoms with E-state index < -0.39 is 12.2 Å². The SMILES string of the molecule is Cl.O=C(NCC(N1CCNCC1)C(F)(F)F)C1CCC1. The van der Waals surface area contributed by atoms with E-state index in [1.165, 1.54) is 4.90 Å². The fourth-order valence-electron chi connectivity index (χ4n) is 2.46. The van der Waals surface area contributed by atoms with Crippen LogP contribution in [0.1, 0.15) is 19.3 Å². The van der Waals surface area contributed by atoms with E-state index in [9.17, 15) is 18.0 Å². The van der Waals surface area contributed by atoms with Crippen LogP contribution in [0.25, 0.3) is 0 Å². The Bertz CT molecular complexity index is 318. The van der Waals surface area contributed by atoms with E-state index in [2.05, 4.69) is 10.6 Å². The third-order valence-electron chi connectivity index (χ3n) is 3.92. The van der Waals surface area contributed by atoms with E-state index in [4.69, 9.17) is 0 Å². The Kier molecular flexibility index (Phi) is 6.54. The van der Waals surface area contributed by atoms with Crippen LogP contribution in [0.15, 0.2) is 0 Å². The number of halogens is 4. The maximum Gasteiger partial charge on any atom is 0.405 e. The van der Waals surface area contributed by atoms with Gasteiger partial charge in [0.1, 0.15) is 6.04 Å². The Morgan fingerprint density at radius 2 is 1.90 bits per heavy atom. The maximum absolute atomic E-state index is 13.0. The molecule has 118 valence electrons. The van der Waals surface area contributed by atoms with Crippen molar-refractivity contribution < 1.29 is 18.0 Å². The van der Waals surface area contributed by atoms with E-state index in [0.717, 1.165) is 19.3 Å². The van der Waals surface area contributed by atoms with Crippen LogP contribution < -0.4 is 10.6 Å². The minimum atomic E-state index is -4.30. The molecule has 1 atom stereocenters. The first-order valence-corrected chi connectivity index (χ1v) is 6.77. The van der Waals surface area contributed by atoms with Gasteiger partial charge < -0.3 is 10.6 Å². The molecule has 0 radical (unpaired) electrons. The molecule has 2 rings (SSSR count). The normalized spacial score (nSPS) is 22.6. The van der Waals surface area contributed by atoms with Gasteiger partial charge in [0.25, 0.3) is 0 Å². The lowest BCUT2D eigenvalue weighted by molar-refractivity contribution is -0.184. The number of carbonyl (C=O) groups excluding carboxylic acids is 1. The topological polar surface area (TPSA) is 44.4 Å². The number of nitrogens with one attached hydrogen (secondary N) is 2. The van der Waals surface area contributed by atoms with Gasteiger partial charge >= 0.3 is 6.18 Å². The van der Waals surface area contributed by atoms with Gasteiger partial charge in [0.2, 0.25) is 5.91 Å². The summed E-state index contributed by atoms with van der Waals surface area (Å²) < 4.78 is 39.1. The Hall–Kier alpha value is -0.530. The molecule has 1 aliphatic heterocycles. The molecular formula is C12H21ClF3N3O. The van der Waals surface area contributed by atoms with Crippen LogP contribution in [-0.2, 0) is 4.79 Å². The van der Waals surface area contributed by atoms with Crippen molar-refractivity contribution in [3.8, 4) is 0 Å². The van der Waals surface area contributed by atoms with Gasteiger partial charge in [-0.1, -0.05) is 6.42 Å². The van der Waals surface area contributed by atoms with Crippen molar-refractivity contribution in [3.63, 3.8) is 0 Å². The molecule has 1 amide bonds. The summed E-state index contributed by atoms with van der Waals surface area (Å²) in [4.78, 5) is 13.0. The number of alkyl halides is 3. The van der Waals surface area contributed by atoms with Crippen molar-refractivity contribution in [3.05, 3.63) is 0 Å². The van der Waals surface area contributed by atoms with Crippen LogP contribution in [0.4, 0.5) is 13.2 Å². The summed E-state index contributed by atoms with van der Waals surface area (Å²) in [7, 11) is 0. The molecule has 1 aliphatic carbocycles. The predicted octanol–water partition coefficient (Wildman–Crippen LogP) is 1.16. The van der Waals surface area contributed by atoms with Crippen molar-refractivity contribution in [1.29, 1.82) is 0 Å². The standard InChI is InChI=1S/C12H20F3N3O.ClH/c13-12(14,15)10(18-6-4-16-5-7-18)8-17-11(19)9-2-1-3-9;/h9-10,16H,1-8H2,(H,17,19);1H. The van der Waals surface area contributed by atoms with Crippen molar-refractivity contribution in [2.45, 2.75) is 31.5 Å². The smallest absolute Gasteiger partial charge is 0.354 e. The Morgan fingerprint density at radius 3 is 2.35 bits per heavy atom. The summed E-state index contributed by atoms with van der Waals surface area (Å²) in [5, 5.41) is 5.49. The molecule has 20 heavy (non-hydrogen) atoms. The highest BCUT2D eigenvalue weighted by Crippen LogP contribution is 2.27. The van der Waals surface area contributed by atoms with Crippen molar-refractivity contribution in [2.75, 3.05) is 32.7 Å². The Labute approximate surface area is 122 Å². The third-order valence-corrected chi connectivity index (χ3v) is 3.92. The summed E-state index contributed by atoms with van der Waals surface area (Å²) in [5.41, 5.74) is 0. The summed E-state index contributed by atoms with van der Waals surface area (Å²) in [6, 6.07) is -1.57. The first-order valence-electron chi connectivity index (χ1n) is 6.77. The molecule has 2 fully saturated rings. The van der Waals surface area contributed by atoms with Gasteiger partial charge in [0, 0.05) is 38.6 Å². The van der Waals surface area contributed by atoms with Gasteiger partial charge in [0.05, 0.1) is 0 Å². The van der Waals surface area contributed by atoms with Gasteiger partial charge in [-0.05, 0) is 12.8 Å². The zero-order chi connectivity index (χ0) is 13.9. The largest absolute Gasteiger partial charge is 0.405 e. The average Bonchev–Trinajstić information content (AvgIpc) is 2.26. The highest BCUT2D eigenvalue weighted by Gasteiger charge is 2.44. The lowest BCUT2D eigenvalue weighted by atomic mass is 9.85. The van der Waals surface area contributed by atoms with E-state index in [-0.39, 0.29) is 30.8 Å². The van der Waals surface area contributed by atoms with Gasteiger partial charge in [-0.3, -0.25) is 9.69 Å². The summed E-state index contributed by atoms with van der Waals surface area (Å²) in [6.45, 7) is 1.51. The quantitative estimate of drug-likeness (QED) is 0.818. The minimum absolute atomic E-state index is 0. The third kappa shape index (κ3) is 4.49. The first-order chi connectivity index (χ1) is 8.98. The Morgan fingerprint density at radius 1 is 1.30 bits per heavy atom. The lowest BCUT2D eigenvalue weighted by Gasteiger charge is -2.36. The molecular weight excluding hydrogens is 295 g/mol. The molecule has 2 N–H and O–H groups in total. The molecule has 1 heterocycles. The molecule has 2 aliphatic rings. The Balaban J connectivity index is 0.00000200. The van der Waals surface area contributed by atoms with Crippen LogP contribution >= 0.6 is 12.4 Å². The number of hydrogen-bond acceptors (Lipinski definition) is 3. The molecule has 1 saturated carbocycles. The molecule has 8 heteroatoms. The molecule has 0 bridgehead atoms. The second-order valence-corrected chi connectivity index (χ2v) is 5.22. The highest BCUT2D eigenvalue weighted by molar-refractivity contribution is 5.85. The zero-order valence-corrected chi connectivity index (χ0v) is 12.0. The lowest BCUT2D eigenvalue weighted by Crippen LogP contribution is -2.58. The minimum Gasteiger partial charge on any atom is -0.354 e. The van der Waals surface area contributed by atoms with E-state index in [1.54, 1.807) is 0 Å². The maximum atomic E-state index is 13.0. The second kappa shape index (κ2) is 7.47. The number of amides is 1. The summed E-state index contributed by atoms with van der Waals surface area (Å²) in [5.74, 6) is -0.299. The number of piperazine rings is 1. The molecule has 1 unspecified atom stereocenters. The molecule has 0 spiro atoms. The fraction of sp³-hybridized carbons (Fsp3) is 0.917. The molecule has 0 aromatic rings. The zero-order valence-electron chi connectivity index (χ0n) is 11.2. The van der Waals surface area contributed by atoms with Crippen LogP contribution in [0, 0.1) is 5.92 Å². The fourth-order valence-corrected chi connectivity index (χ4v) is 2.46. The molecule has 0 aromatic carbocycles. The van der Waals surface area contributed by atoms with Crippen LogP contribution in [0.5, 0.6) is 0 Å². The van der Waals surface area contributed by atoms with E-state index in [1.807, 2.05) is 0 Å². The van der Waals surface area contributed by atoms with Gasteiger partial charge in [-0.25, -0.2) is 0 Å². The number of rotatable bonds is 4. The van der Waals surface area contributed by atoms with Crippen molar-refractivity contribution in [2.24, 2.45) is 5.92 Å². The predicted molar refractivity (Wildman–Crippen MR) is 71.9 cm³/mol. The molecule has 0 aromatic heterocycles. The first kappa shape index (κ1) is 17.5. The second-order valence-electron chi connectivity index (χ2n) is 5.22. The summed E-state index contributed by atoms with van der Waals surface area (Å²) >= 11 is 0. The van der Waals surface area contributed by atoms with Crippen LogP contribution in [0.2, 0.25) is 0 Å². The van der Waals surface area contributed by atoms with Crippen LogP contribution in [0.3, 0.4) is 0 Å².